The number of methoxy groups -OCH3 is 1. The number of esters is 1. The van der Waals surface area contributed by atoms with Crippen molar-refractivity contribution in [3.8, 4) is 0 Å². The summed E-state index contributed by atoms with van der Waals surface area (Å²) in [7, 11) is 1.44. The molecule has 0 bridgehead atoms. The van der Waals surface area contributed by atoms with E-state index in [2.05, 4.69) is 25.7 Å². The summed E-state index contributed by atoms with van der Waals surface area (Å²) in [6.45, 7) is 13.5. The van der Waals surface area contributed by atoms with Crippen LogP contribution in [0.5, 0.6) is 0 Å². The van der Waals surface area contributed by atoms with Crippen LogP contribution in [0.15, 0.2) is 0 Å². The Balaban J connectivity index is 4.67. The minimum absolute atomic E-state index is 0.0708. The fraction of sp³-hybridized carbons (Fsp3) is 0.929. The van der Waals surface area contributed by atoms with Gasteiger partial charge in [-0.3, -0.25) is 4.79 Å². The molecule has 0 fully saturated rings. The van der Waals surface area contributed by atoms with Crippen LogP contribution in [0.1, 0.15) is 41.0 Å². The summed E-state index contributed by atoms with van der Waals surface area (Å²) in [5.41, 5.74) is 5.38. The highest BCUT2D eigenvalue weighted by Gasteiger charge is 2.32. The molecule has 0 amide bonds. The lowest BCUT2D eigenvalue weighted by atomic mass is 9.89. The molecule has 0 spiro atoms. The van der Waals surface area contributed by atoms with Crippen LogP contribution in [0.25, 0.3) is 0 Å². The van der Waals surface area contributed by atoms with Gasteiger partial charge < -0.3 is 15.4 Å². The van der Waals surface area contributed by atoms with E-state index in [1.54, 1.807) is 0 Å². The number of nitrogens with two attached hydrogens (primary N) is 1. The number of nitrogens with zero attached hydrogens (tertiary/aromatic N) is 1. The van der Waals surface area contributed by atoms with E-state index in [1.165, 1.54) is 7.11 Å². The zero-order chi connectivity index (χ0) is 14.4. The van der Waals surface area contributed by atoms with E-state index in [1.807, 2.05) is 13.8 Å². The van der Waals surface area contributed by atoms with Crippen molar-refractivity contribution in [1.29, 1.82) is 0 Å². The maximum atomic E-state index is 11.7. The Kier molecular flexibility index (Phi) is 6.86. The monoisotopic (exact) mass is 258 g/mol. The molecule has 0 aliphatic rings. The van der Waals surface area contributed by atoms with Gasteiger partial charge in [-0.2, -0.15) is 0 Å². The molecule has 0 saturated heterocycles. The highest BCUT2D eigenvalue weighted by atomic mass is 16.5. The van der Waals surface area contributed by atoms with Crippen LogP contribution < -0.4 is 5.73 Å². The van der Waals surface area contributed by atoms with Crippen molar-refractivity contribution in [2.75, 3.05) is 33.3 Å². The lowest BCUT2D eigenvalue weighted by molar-refractivity contribution is -0.152. The van der Waals surface area contributed by atoms with E-state index in [-0.39, 0.29) is 11.4 Å². The first-order valence-electron chi connectivity index (χ1n) is 6.69. The fourth-order valence-electron chi connectivity index (χ4n) is 2.10. The Hall–Kier alpha value is -0.610. The summed E-state index contributed by atoms with van der Waals surface area (Å²) in [5.74, 6) is -0.158. The molecule has 4 nitrogen and oxygen atoms in total. The van der Waals surface area contributed by atoms with E-state index in [4.69, 9.17) is 10.5 Å². The molecule has 0 radical (unpaired) electrons. The van der Waals surface area contributed by atoms with E-state index in [9.17, 15) is 4.79 Å². The first kappa shape index (κ1) is 17.4. The van der Waals surface area contributed by atoms with Gasteiger partial charge in [0, 0.05) is 13.1 Å². The summed E-state index contributed by atoms with van der Waals surface area (Å²) >= 11 is 0. The summed E-state index contributed by atoms with van der Waals surface area (Å²) in [6.07, 6.45) is 1.07. The average Bonchev–Trinajstić information content (AvgIpc) is 2.27. The molecule has 18 heavy (non-hydrogen) atoms. The standard InChI is InChI=1S/C14H30N2O2/c1-7-8-16(10-13(2,3)9-15)11-14(4,5)12(17)18-6/h7-11,15H2,1-6H3. The van der Waals surface area contributed by atoms with Gasteiger partial charge in [0.2, 0.25) is 0 Å². The molecule has 108 valence electrons. The van der Waals surface area contributed by atoms with E-state index < -0.39 is 5.41 Å². The highest BCUT2D eigenvalue weighted by Crippen LogP contribution is 2.22. The molecule has 0 heterocycles. The van der Waals surface area contributed by atoms with E-state index >= 15 is 0 Å². The molecule has 2 N–H and O–H groups in total. The summed E-state index contributed by atoms with van der Waals surface area (Å²) < 4.78 is 4.86. The number of hydrogen-bond acceptors (Lipinski definition) is 4. The van der Waals surface area contributed by atoms with Gasteiger partial charge in [-0.25, -0.2) is 0 Å². The van der Waals surface area contributed by atoms with Crippen LogP contribution in [0.3, 0.4) is 0 Å². The molecule has 0 aromatic carbocycles. The molecule has 0 aliphatic heterocycles. The second-order valence-corrected chi connectivity index (χ2v) is 6.45. The zero-order valence-corrected chi connectivity index (χ0v) is 12.9. The molecule has 0 unspecified atom stereocenters. The highest BCUT2D eigenvalue weighted by molar-refractivity contribution is 5.76. The molecular formula is C14H30N2O2. The van der Waals surface area contributed by atoms with Gasteiger partial charge in [-0.1, -0.05) is 20.8 Å². The Labute approximate surface area is 112 Å². The van der Waals surface area contributed by atoms with Crippen molar-refractivity contribution < 1.29 is 9.53 Å². The van der Waals surface area contributed by atoms with Gasteiger partial charge in [0.05, 0.1) is 12.5 Å². The van der Waals surface area contributed by atoms with Crippen molar-refractivity contribution in [1.82, 2.24) is 4.90 Å². The van der Waals surface area contributed by atoms with Crippen molar-refractivity contribution >= 4 is 5.97 Å². The lowest BCUT2D eigenvalue weighted by Gasteiger charge is -2.35. The SMILES string of the molecule is CCCN(CC(C)(C)CN)CC(C)(C)C(=O)OC. The van der Waals surface area contributed by atoms with Gasteiger partial charge >= 0.3 is 5.97 Å². The van der Waals surface area contributed by atoms with Crippen molar-refractivity contribution in [2.24, 2.45) is 16.6 Å². The van der Waals surface area contributed by atoms with Gasteiger partial charge in [0.1, 0.15) is 0 Å². The summed E-state index contributed by atoms with van der Waals surface area (Å²) in [4.78, 5) is 14.0. The largest absolute Gasteiger partial charge is 0.469 e. The first-order valence-corrected chi connectivity index (χ1v) is 6.69. The third-order valence-corrected chi connectivity index (χ3v) is 3.10. The number of ether oxygens (including phenoxy) is 1. The smallest absolute Gasteiger partial charge is 0.312 e. The maximum absolute atomic E-state index is 11.7. The lowest BCUT2D eigenvalue weighted by Crippen LogP contribution is -2.45. The number of rotatable bonds is 8. The average molecular weight is 258 g/mol. The fourth-order valence-corrected chi connectivity index (χ4v) is 2.10. The van der Waals surface area contributed by atoms with Crippen LogP contribution >= 0.6 is 0 Å². The van der Waals surface area contributed by atoms with Crippen LogP contribution in [0.4, 0.5) is 0 Å². The minimum Gasteiger partial charge on any atom is -0.469 e. The van der Waals surface area contributed by atoms with E-state index in [0.717, 1.165) is 19.5 Å². The quantitative estimate of drug-likeness (QED) is 0.675. The summed E-state index contributed by atoms with van der Waals surface area (Å²) in [6, 6.07) is 0. The van der Waals surface area contributed by atoms with E-state index in [0.29, 0.717) is 13.1 Å². The molecule has 0 rings (SSSR count). The summed E-state index contributed by atoms with van der Waals surface area (Å²) in [5, 5.41) is 0. The predicted octanol–water partition coefficient (Wildman–Crippen LogP) is 1.88. The molecule has 0 atom stereocenters. The number of carbonyl (C=O) groups excluding carboxylic acids is 1. The third-order valence-electron chi connectivity index (χ3n) is 3.10. The van der Waals surface area contributed by atoms with Crippen LogP contribution in [-0.2, 0) is 9.53 Å². The number of carbonyl (C=O) groups is 1. The molecule has 0 aromatic rings. The zero-order valence-electron chi connectivity index (χ0n) is 12.9. The normalized spacial score (nSPS) is 12.9. The van der Waals surface area contributed by atoms with Crippen molar-refractivity contribution in [2.45, 2.75) is 41.0 Å². The second kappa shape index (κ2) is 7.10. The van der Waals surface area contributed by atoms with Crippen molar-refractivity contribution in [3.63, 3.8) is 0 Å². The molecule has 4 heteroatoms. The van der Waals surface area contributed by atoms with Gasteiger partial charge in [-0.05, 0) is 38.8 Å². The second-order valence-electron chi connectivity index (χ2n) is 6.45. The van der Waals surface area contributed by atoms with Crippen LogP contribution in [-0.4, -0.2) is 44.2 Å². The molecular weight excluding hydrogens is 228 g/mol. The predicted molar refractivity (Wildman–Crippen MR) is 75.4 cm³/mol. The van der Waals surface area contributed by atoms with Crippen LogP contribution in [0.2, 0.25) is 0 Å². The van der Waals surface area contributed by atoms with Gasteiger partial charge in [0.25, 0.3) is 0 Å². The molecule has 0 aliphatic carbocycles. The molecule has 0 aromatic heterocycles. The Morgan fingerprint density at radius 1 is 1.22 bits per heavy atom. The van der Waals surface area contributed by atoms with Gasteiger partial charge in [-0.15, -0.1) is 0 Å². The molecule has 0 saturated carbocycles. The Morgan fingerprint density at radius 2 is 1.78 bits per heavy atom. The topological polar surface area (TPSA) is 55.6 Å². The Morgan fingerprint density at radius 3 is 2.17 bits per heavy atom. The van der Waals surface area contributed by atoms with Gasteiger partial charge in [0.15, 0.2) is 0 Å². The van der Waals surface area contributed by atoms with Crippen molar-refractivity contribution in [3.05, 3.63) is 0 Å². The maximum Gasteiger partial charge on any atom is 0.312 e. The van der Waals surface area contributed by atoms with Crippen LogP contribution in [0, 0.1) is 10.8 Å². The number of hydrogen-bond donors (Lipinski definition) is 1. The minimum atomic E-state index is -0.478. The first-order chi connectivity index (χ1) is 8.18. The third kappa shape index (κ3) is 5.83. The Bertz CT molecular complexity index is 263.